The van der Waals surface area contributed by atoms with Crippen molar-refractivity contribution in [2.75, 3.05) is 26.2 Å². The standard InChI is InChI=1S/C27H39N3O3/c1-6-23-17-28-22(5)18-33-27(32)24-20(3)9-7-8-10-21(4)26(31)30(25(23)24)16-15-29-13-11-19(2)12-14-29/h7-10,17-19,24-25,28H,6,11-16H2,1-5H3/b8-7-,20-9+,21-10+,22-18+,23-17+. The minimum atomic E-state index is -0.582. The second-order valence-electron chi connectivity index (χ2n) is 9.55. The van der Waals surface area contributed by atoms with Crippen LogP contribution in [0.5, 0.6) is 0 Å². The number of rotatable bonds is 4. The third kappa shape index (κ3) is 6.26. The van der Waals surface area contributed by atoms with Crippen molar-refractivity contribution in [2.24, 2.45) is 11.8 Å². The number of esters is 1. The van der Waals surface area contributed by atoms with E-state index in [0.29, 0.717) is 18.5 Å². The third-order valence-corrected chi connectivity index (χ3v) is 6.97. The maximum absolute atomic E-state index is 13.7. The van der Waals surface area contributed by atoms with Crippen LogP contribution in [0.1, 0.15) is 53.9 Å². The minimum Gasteiger partial charge on any atom is -0.432 e. The Morgan fingerprint density at radius 1 is 1.06 bits per heavy atom. The van der Waals surface area contributed by atoms with Crippen LogP contribution < -0.4 is 5.32 Å². The number of cyclic esters (lactones) is 1. The molecule has 33 heavy (non-hydrogen) atoms. The number of allylic oxidation sites excluding steroid dienone is 5. The number of carbonyl (C=O) groups is 2. The van der Waals surface area contributed by atoms with Gasteiger partial charge >= 0.3 is 5.97 Å². The Bertz CT molecular complexity index is 888. The molecule has 1 saturated heterocycles. The first-order valence-electron chi connectivity index (χ1n) is 12.2. The highest BCUT2D eigenvalue weighted by molar-refractivity contribution is 5.94. The van der Waals surface area contributed by atoms with E-state index in [2.05, 4.69) is 24.1 Å². The van der Waals surface area contributed by atoms with Gasteiger partial charge in [-0.3, -0.25) is 9.59 Å². The fourth-order valence-corrected chi connectivity index (χ4v) is 4.73. The second-order valence-corrected chi connectivity index (χ2v) is 9.55. The molecule has 0 bridgehead atoms. The van der Waals surface area contributed by atoms with Crippen LogP contribution in [0.15, 0.2) is 59.2 Å². The summed E-state index contributed by atoms with van der Waals surface area (Å²) in [6.07, 6.45) is 14.1. The zero-order valence-corrected chi connectivity index (χ0v) is 20.8. The van der Waals surface area contributed by atoms with Crippen LogP contribution in [0.2, 0.25) is 0 Å². The van der Waals surface area contributed by atoms with Crippen LogP contribution in [0.4, 0.5) is 0 Å². The van der Waals surface area contributed by atoms with Gasteiger partial charge in [0.1, 0.15) is 12.2 Å². The van der Waals surface area contributed by atoms with Gasteiger partial charge in [0, 0.05) is 30.6 Å². The van der Waals surface area contributed by atoms with Gasteiger partial charge < -0.3 is 19.9 Å². The number of hydrogen-bond acceptors (Lipinski definition) is 5. The Hall–Kier alpha value is -2.60. The highest BCUT2D eigenvalue weighted by Gasteiger charge is 2.40. The molecule has 180 valence electrons. The average molecular weight is 454 g/mol. The highest BCUT2D eigenvalue weighted by atomic mass is 16.5. The van der Waals surface area contributed by atoms with E-state index in [4.69, 9.17) is 4.74 Å². The Balaban J connectivity index is 2.05. The lowest BCUT2D eigenvalue weighted by Gasteiger charge is -2.40. The topological polar surface area (TPSA) is 61.9 Å². The van der Waals surface area contributed by atoms with Gasteiger partial charge in [0.25, 0.3) is 0 Å². The quantitative estimate of drug-likeness (QED) is 0.643. The molecule has 1 N–H and O–H groups in total. The van der Waals surface area contributed by atoms with E-state index < -0.39 is 12.0 Å². The van der Waals surface area contributed by atoms with Crippen LogP contribution >= 0.6 is 0 Å². The third-order valence-electron chi connectivity index (χ3n) is 6.97. The fourth-order valence-electron chi connectivity index (χ4n) is 4.73. The number of ether oxygens (including phenoxy) is 1. The monoisotopic (exact) mass is 453 g/mol. The zero-order valence-electron chi connectivity index (χ0n) is 20.8. The van der Waals surface area contributed by atoms with Gasteiger partial charge in [-0.1, -0.05) is 43.7 Å². The summed E-state index contributed by atoms with van der Waals surface area (Å²) in [7, 11) is 0. The number of hydrogen-bond donors (Lipinski definition) is 1. The number of amides is 1. The van der Waals surface area contributed by atoms with E-state index in [0.717, 1.165) is 42.4 Å². The maximum Gasteiger partial charge on any atom is 0.320 e. The van der Waals surface area contributed by atoms with Gasteiger partial charge in [-0.2, -0.15) is 0 Å². The Labute approximate surface area is 198 Å². The fraction of sp³-hybridized carbons (Fsp3) is 0.556. The highest BCUT2D eigenvalue weighted by Crippen LogP contribution is 2.31. The predicted molar refractivity (Wildman–Crippen MR) is 132 cm³/mol. The van der Waals surface area contributed by atoms with Crippen molar-refractivity contribution in [3.63, 3.8) is 0 Å². The van der Waals surface area contributed by atoms with E-state index in [1.165, 1.54) is 19.1 Å². The molecule has 2 atom stereocenters. The molecule has 0 aromatic rings. The Kier molecular flexibility index (Phi) is 8.73. The van der Waals surface area contributed by atoms with Gasteiger partial charge in [0.15, 0.2) is 0 Å². The van der Waals surface area contributed by atoms with Crippen molar-refractivity contribution >= 4 is 11.9 Å². The van der Waals surface area contributed by atoms with E-state index in [9.17, 15) is 9.59 Å². The normalized spacial score (nSPS) is 33.2. The lowest BCUT2D eigenvalue weighted by atomic mass is 9.84. The van der Waals surface area contributed by atoms with Crippen LogP contribution in [0, 0.1) is 11.8 Å². The maximum atomic E-state index is 13.7. The molecule has 1 fully saturated rings. The number of likely N-dealkylation sites (tertiary alicyclic amines) is 1. The Morgan fingerprint density at radius 2 is 1.76 bits per heavy atom. The molecular formula is C27H39N3O3. The van der Waals surface area contributed by atoms with E-state index in [1.54, 1.807) is 0 Å². The first-order valence-corrected chi connectivity index (χ1v) is 12.2. The van der Waals surface area contributed by atoms with Crippen molar-refractivity contribution in [3.8, 4) is 0 Å². The van der Waals surface area contributed by atoms with Crippen LogP contribution in [0.25, 0.3) is 0 Å². The summed E-state index contributed by atoms with van der Waals surface area (Å²) in [5.74, 6) is -0.199. The molecule has 3 aliphatic rings. The van der Waals surface area contributed by atoms with Crippen LogP contribution in [-0.2, 0) is 14.3 Å². The average Bonchev–Trinajstić information content (AvgIpc) is 2.86. The molecule has 1 amide bonds. The molecule has 6 heteroatoms. The van der Waals surface area contributed by atoms with Gasteiger partial charge in [-0.05, 0) is 64.6 Å². The molecule has 0 aromatic heterocycles. The molecule has 0 saturated carbocycles. The summed E-state index contributed by atoms with van der Waals surface area (Å²) in [6.45, 7) is 13.5. The van der Waals surface area contributed by atoms with Crippen molar-refractivity contribution in [2.45, 2.75) is 59.9 Å². The summed E-state index contributed by atoms with van der Waals surface area (Å²) < 4.78 is 5.57. The van der Waals surface area contributed by atoms with Gasteiger partial charge in [0.2, 0.25) is 5.91 Å². The summed E-state index contributed by atoms with van der Waals surface area (Å²) in [6, 6.07) is -0.420. The Morgan fingerprint density at radius 3 is 2.45 bits per heavy atom. The number of fused-ring (bicyclic) bond motifs is 1. The van der Waals surface area contributed by atoms with Gasteiger partial charge in [-0.25, -0.2) is 0 Å². The van der Waals surface area contributed by atoms with Crippen LogP contribution in [-0.4, -0.2) is 53.9 Å². The first-order chi connectivity index (χ1) is 15.8. The van der Waals surface area contributed by atoms with Crippen molar-refractivity contribution in [3.05, 3.63) is 59.2 Å². The minimum absolute atomic E-state index is 0.0363. The largest absolute Gasteiger partial charge is 0.432 e. The molecule has 0 aromatic carbocycles. The molecule has 0 aliphatic carbocycles. The number of nitrogens with one attached hydrogen (secondary N) is 1. The van der Waals surface area contributed by atoms with E-state index >= 15 is 0 Å². The molecule has 0 spiro atoms. The number of carbonyl (C=O) groups excluding carboxylic acids is 2. The summed E-state index contributed by atoms with van der Waals surface area (Å²) in [4.78, 5) is 31.4. The van der Waals surface area contributed by atoms with Crippen LogP contribution in [0.3, 0.4) is 0 Å². The predicted octanol–water partition coefficient (Wildman–Crippen LogP) is 4.30. The van der Waals surface area contributed by atoms with Gasteiger partial charge in [0.05, 0.1) is 6.04 Å². The molecule has 2 unspecified atom stereocenters. The molecule has 6 nitrogen and oxygen atoms in total. The van der Waals surface area contributed by atoms with Crippen molar-refractivity contribution < 1.29 is 14.3 Å². The molecule has 3 aliphatic heterocycles. The first kappa shape index (κ1) is 25.0. The SMILES string of the molecule is CC/C1=C\N/C(C)=C/OC(=O)C2/C(C)=C/C=C\C=C(/C)C(=O)N(CCN3CCC(C)CC3)C12. The lowest BCUT2D eigenvalue weighted by Crippen LogP contribution is -2.52. The van der Waals surface area contributed by atoms with Crippen molar-refractivity contribution in [1.82, 2.24) is 15.1 Å². The number of nitrogens with zero attached hydrogens (tertiary/aromatic N) is 2. The summed E-state index contributed by atoms with van der Waals surface area (Å²) in [5, 5.41) is 3.24. The smallest absolute Gasteiger partial charge is 0.320 e. The lowest BCUT2D eigenvalue weighted by molar-refractivity contribution is -0.144. The van der Waals surface area contributed by atoms with Crippen molar-refractivity contribution in [1.29, 1.82) is 0 Å². The molecule has 3 heterocycles. The zero-order chi connectivity index (χ0) is 24.0. The summed E-state index contributed by atoms with van der Waals surface area (Å²) >= 11 is 0. The second kappa shape index (κ2) is 11.5. The van der Waals surface area contributed by atoms with Gasteiger partial charge in [-0.15, -0.1) is 0 Å². The summed E-state index contributed by atoms with van der Waals surface area (Å²) in [5.41, 5.74) is 3.30. The van der Waals surface area contributed by atoms with E-state index in [-0.39, 0.29) is 11.9 Å². The molecular weight excluding hydrogens is 414 g/mol. The molecule has 3 rings (SSSR count). The number of piperidine rings is 1. The van der Waals surface area contributed by atoms with E-state index in [1.807, 2.05) is 56.2 Å². The molecule has 0 radical (unpaired) electrons.